The average Bonchev–Trinajstić information content (AvgIpc) is 2.34. The van der Waals surface area contributed by atoms with Crippen molar-refractivity contribution in [2.75, 3.05) is 19.8 Å². The molecule has 0 saturated heterocycles. The summed E-state index contributed by atoms with van der Waals surface area (Å²) >= 11 is 0. The number of amides is 1. The van der Waals surface area contributed by atoms with E-state index in [2.05, 4.69) is 19.2 Å². The van der Waals surface area contributed by atoms with Crippen molar-refractivity contribution in [2.45, 2.75) is 20.3 Å². The summed E-state index contributed by atoms with van der Waals surface area (Å²) in [6.07, 6.45) is 1.06. The Kier molecular flexibility index (Phi) is 6.33. The van der Waals surface area contributed by atoms with E-state index in [0.717, 1.165) is 13.0 Å². The van der Waals surface area contributed by atoms with Crippen LogP contribution in [-0.2, 0) is 4.74 Å². The molecule has 1 aromatic rings. The molecule has 1 aromatic carbocycles. The van der Waals surface area contributed by atoms with E-state index in [0.29, 0.717) is 24.6 Å². The van der Waals surface area contributed by atoms with Crippen LogP contribution >= 0.6 is 0 Å². The molecule has 0 bridgehead atoms. The minimum atomic E-state index is -0.0435. The van der Waals surface area contributed by atoms with Gasteiger partial charge in [-0.05, 0) is 24.5 Å². The van der Waals surface area contributed by atoms with Crippen molar-refractivity contribution < 1.29 is 9.53 Å². The Labute approximate surface area is 103 Å². The largest absolute Gasteiger partial charge is 0.380 e. The number of ether oxygens (including phenoxy) is 1. The van der Waals surface area contributed by atoms with Gasteiger partial charge in [0.15, 0.2) is 0 Å². The minimum absolute atomic E-state index is 0.0435. The molecule has 1 N–H and O–H groups in total. The zero-order chi connectivity index (χ0) is 12.5. The maximum Gasteiger partial charge on any atom is 0.251 e. The van der Waals surface area contributed by atoms with E-state index >= 15 is 0 Å². The fraction of sp³-hybridized carbons (Fsp3) is 0.500. The van der Waals surface area contributed by atoms with Gasteiger partial charge in [0.1, 0.15) is 0 Å². The van der Waals surface area contributed by atoms with Crippen LogP contribution in [0.5, 0.6) is 0 Å². The molecule has 0 saturated carbocycles. The lowest BCUT2D eigenvalue weighted by atomic mass is 10.1. The molecule has 0 unspecified atom stereocenters. The molecular formula is C14H21NO2. The molecule has 0 aliphatic carbocycles. The van der Waals surface area contributed by atoms with Crippen LogP contribution in [0.15, 0.2) is 30.3 Å². The van der Waals surface area contributed by atoms with Crippen LogP contribution in [0.1, 0.15) is 30.6 Å². The molecule has 0 heterocycles. The number of carbonyl (C=O) groups is 1. The Morgan fingerprint density at radius 1 is 1.24 bits per heavy atom. The van der Waals surface area contributed by atoms with Gasteiger partial charge < -0.3 is 10.1 Å². The normalized spacial score (nSPS) is 10.5. The van der Waals surface area contributed by atoms with Gasteiger partial charge in [0, 0.05) is 18.7 Å². The van der Waals surface area contributed by atoms with E-state index in [1.54, 1.807) is 12.1 Å². The Balaban J connectivity index is 2.09. The quantitative estimate of drug-likeness (QED) is 0.737. The summed E-state index contributed by atoms with van der Waals surface area (Å²) in [5.41, 5.74) is 0.690. The van der Waals surface area contributed by atoms with Gasteiger partial charge in [0.05, 0.1) is 6.61 Å². The number of hydrogen-bond donors (Lipinski definition) is 1. The molecule has 1 amide bonds. The monoisotopic (exact) mass is 235 g/mol. The number of carbonyl (C=O) groups excluding carboxylic acids is 1. The molecule has 3 heteroatoms. The van der Waals surface area contributed by atoms with Gasteiger partial charge >= 0.3 is 0 Å². The third-order valence-electron chi connectivity index (χ3n) is 2.41. The number of benzene rings is 1. The van der Waals surface area contributed by atoms with Gasteiger partial charge in [-0.25, -0.2) is 0 Å². The minimum Gasteiger partial charge on any atom is -0.380 e. The fourth-order valence-corrected chi connectivity index (χ4v) is 1.35. The predicted molar refractivity (Wildman–Crippen MR) is 69.0 cm³/mol. The highest BCUT2D eigenvalue weighted by atomic mass is 16.5. The Morgan fingerprint density at radius 3 is 2.59 bits per heavy atom. The second kappa shape index (κ2) is 7.85. The summed E-state index contributed by atoms with van der Waals surface area (Å²) < 4.78 is 5.42. The zero-order valence-corrected chi connectivity index (χ0v) is 10.6. The summed E-state index contributed by atoms with van der Waals surface area (Å²) in [5, 5.41) is 2.82. The third-order valence-corrected chi connectivity index (χ3v) is 2.41. The maximum absolute atomic E-state index is 11.6. The molecule has 1 rings (SSSR count). The van der Waals surface area contributed by atoms with Crippen molar-refractivity contribution in [2.24, 2.45) is 5.92 Å². The van der Waals surface area contributed by atoms with Gasteiger partial charge in [0.25, 0.3) is 5.91 Å². The molecule has 0 aliphatic rings. The van der Waals surface area contributed by atoms with Crippen LogP contribution in [0.4, 0.5) is 0 Å². The molecular weight excluding hydrogens is 214 g/mol. The van der Waals surface area contributed by atoms with Gasteiger partial charge in [-0.1, -0.05) is 32.0 Å². The fourth-order valence-electron chi connectivity index (χ4n) is 1.35. The van der Waals surface area contributed by atoms with E-state index in [9.17, 15) is 4.79 Å². The third kappa shape index (κ3) is 6.07. The van der Waals surface area contributed by atoms with Gasteiger partial charge in [0.2, 0.25) is 0 Å². The first kappa shape index (κ1) is 13.7. The predicted octanol–water partition coefficient (Wildman–Crippen LogP) is 2.48. The molecule has 0 aliphatic heterocycles. The van der Waals surface area contributed by atoms with E-state index in [-0.39, 0.29) is 5.91 Å². The molecule has 17 heavy (non-hydrogen) atoms. The SMILES string of the molecule is CC(C)CCOCCNC(=O)c1ccccc1. The second-order valence-electron chi connectivity index (χ2n) is 4.42. The molecule has 3 nitrogen and oxygen atoms in total. The summed E-state index contributed by atoms with van der Waals surface area (Å²) in [5.74, 6) is 0.618. The molecule has 0 spiro atoms. The molecule has 0 aromatic heterocycles. The lowest BCUT2D eigenvalue weighted by molar-refractivity contribution is 0.0906. The lowest BCUT2D eigenvalue weighted by Crippen LogP contribution is -2.27. The highest BCUT2D eigenvalue weighted by molar-refractivity contribution is 5.94. The summed E-state index contributed by atoms with van der Waals surface area (Å²) in [6, 6.07) is 9.21. The van der Waals surface area contributed by atoms with E-state index in [1.807, 2.05) is 18.2 Å². The topological polar surface area (TPSA) is 38.3 Å². The van der Waals surface area contributed by atoms with Crippen molar-refractivity contribution in [3.05, 3.63) is 35.9 Å². The van der Waals surface area contributed by atoms with Gasteiger partial charge in [-0.15, -0.1) is 0 Å². The number of hydrogen-bond acceptors (Lipinski definition) is 2. The van der Waals surface area contributed by atoms with Crippen LogP contribution in [0, 0.1) is 5.92 Å². The van der Waals surface area contributed by atoms with Crippen molar-refractivity contribution in [3.8, 4) is 0 Å². The van der Waals surface area contributed by atoms with Crippen LogP contribution in [-0.4, -0.2) is 25.7 Å². The molecule has 94 valence electrons. The standard InChI is InChI=1S/C14H21NO2/c1-12(2)8-10-17-11-9-15-14(16)13-6-4-3-5-7-13/h3-7,12H,8-11H2,1-2H3,(H,15,16). The van der Waals surface area contributed by atoms with Crippen LogP contribution in [0.25, 0.3) is 0 Å². The number of nitrogens with one attached hydrogen (secondary N) is 1. The first-order chi connectivity index (χ1) is 8.20. The van der Waals surface area contributed by atoms with Crippen LogP contribution < -0.4 is 5.32 Å². The summed E-state index contributed by atoms with van der Waals surface area (Å²) in [7, 11) is 0. The molecule has 0 fully saturated rings. The number of rotatable bonds is 7. The van der Waals surface area contributed by atoms with Gasteiger partial charge in [-0.2, -0.15) is 0 Å². The molecule has 0 atom stereocenters. The van der Waals surface area contributed by atoms with Crippen molar-refractivity contribution >= 4 is 5.91 Å². The summed E-state index contributed by atoms with van der Waals surface area (Å²) in [6.45, 7) is 6.23. The molecule has 0 radical (unpaired) electrons. The Bertz CT molecular complexity index is 322. The van der Waals surface area contributed by atoms with Crippen molar-refractivity contribution in [3.63, 3.8) is 0 Å². The Hall–Kier alpha value is -1.35. The first-order valence-electron chi connectivity index (χ1n) is 6.11. The van der Waals surface area contributed by atoms with E-state index in [1.165, 1.54) is 0 Å². The first-order valence-corrected chi connectivity index (χ1v) is 6.11. The lowest BCUT2D eigenvalue weighted by Gasteiger charge is -2.07. The van der Waals surface area contributed by atoms with Gasteiger partial charge in [-0.3, -0.25) is 4.79 Å². The van der Waals surface area contributed by atoms with Crippen LogP contribution in [0.3, 0.4) is 0 Å². The highest BCUT2D eigenvalue weighted by Crippen LogP contribution is 1.99. The highest BCUT2D eigenvalue weighted by Gasteiger charge is 2.02. The average molecular weight is 235 g/mol. The second-order valence-corrected chi connectivity index (χ2v) is 4.42. The van der Waals surface area contributed by atoms with Crippen molar-refractivity contribution in [1.82, 2.24) is 5.32 Å². The van der Waals surface area contributed by atoms with Crippen molar-refractivity contribution in [1.29, 1.82) is 0 Å². The Morgan fingerprint density at radius 2 is 1.94 bits per heavy atom. The van der Waals surface area contributed by atoms with E-state index in [4.69, 9.17) is 4.74 Å². The summed E-state index contributed by atoms with van der Waals surface area (Å²) in [4.78, 5) is 11.6. The van der Waals surface area contributed by atoms with Crippen LogP contribution in [0.2, 0.25) is 0 Å². The zero-order valence-electron chi connectivity index (χ0n) is 10.6. The van der Waals surface area contributed by atoms with E-state index < -0.39 is 0 Å². The smallest absolute Gasteiger partial charge is 0.251 e. The maximum atomic E-state index is 11.6.